The highest BCUT2D eigenvalue weighted by Gasteiger charge is 2.30. The van der Waals surface area contributed by atoms with E-state index in [0.29, 0.717) is 30.3 Å². The molecule has 30 heavy (non-hydrogen) atoms. The monoisotopic (exact) mass is 433 g/mol. The Bertz CT molecular complexity index is 1040. The number of aryl methyl sites for hydroxylation is 1. The van der Waals surface area contributed by atoms with E-state index < -0.39 is 21.9 Å². The maximum absolute atomic E-state index is 13.0. The average Bonchev–Trinajstić information content (AvgIpc) is 3.11. The number of hydrogen-bond acceptors (Lipinski definition) is 5. The number of anilines is 1. The molecule has 0 unspecified atom stereocenters. The van der Waals surface area contributed by atoms with E-state index in [9.17, 15) is 18.0 Å². The van der Waals surface area contributed by atoms with E-state index >= 15 is 0 Å². The normalized spacial score (nSPS) is 17.5. The van der Waals surface area contributed by atoms with E-state index in [1.807, 2.05) is 6.92 Å². The fourth-order valence-corrected chi connectivity index (χ4v) is 5.22. The SMILES string of the molecule is CCOC(=O)c1cccc(NC(=O)c2cc(S(=O)(=O)N3CCC[C@@H](C)C3)cn2C)c1. The van der Waals surface area contributed by atoms with Gasteiger partial charge < -0.3 is 14.6 Å². The Kier molecular flexibility index (Phi) is 6.62. The molecule has 1 aromatic carbocycles. The minimum atomic E-state index is -3.66. The maximum atomic E-state index is 13.0. The molecule has 0 saturated carbocycles. The Morgan fingerprint density at radius 2 is 2.03 bits per heavy atom. The zero-order valence-corrected chi connectivity index (χ0v) is 18.2. The van der Waals surface area contributed by atoms with E-state index in [4.69, 9.17) is 4.74 Å². The van der Waals surface area contributed by atoms with Crippen LogP contribution in [0.5, 0.6) is 0 Å². The van der Waals surface area contributed by atoms with Crippen LogP contribution < -0.4 is 5.32 Å². The van der Waals surface area contributed by atoms with Crippen molar-refractivity contribution in [2.45, 2.75) is 31.6 Å². The number of sulfonamides is 1. The number of aromatic nitrogens is 1. The molecule has 1 aliphatic heterocycles. The van der Waals surface area contributed by atoms with Crippen molar-refractivity contribution in [2.24, 2.45) is 13.0 Å². The van der Waals surface area contributed by atoms with Crippen LogP contribution in [0.2, 0.25) is 0 Å². The number of carbonyl (C=O) groups excluding carboxylic acids is 2. The summed E-state index contributed by atoms with van der Waals surface area (Å²) in [4.78, 5) is 24.7. The summed E-state index contributed by atoms with van der Waals surface area (Å²) in [6, 6.07) is 7.79. The highest BCUT2D eigenvalue weighted by Crippen LogP contribution is 2.25. The number of hydrogen-bond donors (Lipinski definition) is 1. The van der Waals surface area contributed by atoms with Crippen molar-refractivity contribution < 1.29 is 22.7 Å². The summed E-state index contributed by atoms with van der Waals surface area (Å²) < 4.78 is 33.9. The number of nitrogens with one attached hydrogen (secondary N) is 1. The molecule has 9 heteroatoms. The smallest absolute Gasteiger partial charge is 0.338 e. The molecular weight excluding hydrogens is 406 g/mol. The molecule has 2 heterocycles. The Labute approximate surface area is 176 Å². The second-order valence-electron chi connectivity index (χ2n) is 7.54. The maximum Gasteiger partial charge on any atom is 0.338 e. The molecule has 8 nitrogen and oxygen atoms in total. The summed E-state index contributed by atoms with van der Waals surface area (Å²) >= 11 is 0. The van der Waals surface area contributed by atoms with Gasteiger partial charge in [0.05, 0.1) is 12.2 Å². The van der Waals surface area contributed by atoms with Crippen LogP contribution in [0.3, 0.4) is 0 Å². The second kappa shape index (κ2) is 9.01. The summed E-state index contributed by atoms with van der Waals surface area (Å²) in [5.41, 5.74) is 0.949. The first-order chi connectivity index (χ1) is 14.2. The second-order valence-corrected chi connectivity index (χ2v) is 9.48. The van der Waals surface area contributed by atoms with Crippen LogP contribution in [-0.4, -0.2) is 48.9 Å². The molecule has 162 valence electrons. The van der Waals surface area contributed by atoms with Gasteiger partial charge in [-0.05, 0) is 49.9 Å². The number of ether oxygens (including phenoxy) is 1. The predicted octanol–water partition coefficient (Wildman–Crippen LogP) is 2.87. The Balaban J connectivity index is 1.79. The highest BCUT2D eigenvalue weighted by atomic mass is 32.2. The molecule has 0 bridgehead atoms. The summed E-state index contributed by atoms with van der Waals surface area (Å²) in [7, 11) is -2.03. The van der Waals surface area contributed by atoms with Gasteiger partial charge in [-0.3, -0.25) is 4.79 Å². The molecule has 0 aliphatic carbocycles. The Morgan fingerprint density at radius 1 is 1.27 bits per heavy atom. The number of piperidine rings is 1. The van der Waals surface area contributed by atoms with Crippen LogP contribution in [0.1, 0.15) is 47.5 Å². The third-order valence-electron chi connectivity index (χ3n) is 5.10. The standard InChI is InChI=1S/C21H27N3O5S/c1-4-29-21(26)16-8-5-9-17(11-16)22-20(25)19-12-18(14-23(19)3)30(27,28)24-10-6-7-15(2)13-24/h5,8-9,11-12,14-15H,4,6-7,10,13H2,1-3H3,(H,22,25)/t15-/m1/s1. The minimum absolute atomic E-state index is 0.101. The zero-order valence-electron chi connectivity index (χ0n) is 17.4. The highest BCUT2D eigenvalue weighted by molar-refractivity contribution is 7.89. The molecule has 0 spiro atoms. The molecule has 1 aliphatic rings. The average molecular weight is 434 g/mol. The molecule has 1 N–H and O–H groups in total. The summed E-state index contributed by atoms with van der Waals surface area (Å²) in [6.07, 6.45) is 3.30. The quantitative estimate of drug-likeness (QED) is 0.707. The fourth-order valence-electron chi connectivity index (χ4n) is 3.55. The van der Waals surface area contributed by atoms with E-state index in [1.54, 1.807) is 32.2 Å². The molecule has 1 atom stereocenters. The van der Waals surface area contributed by atoms with Crippen LogP contribution in [0.4, 0.5) is 5.69 Å². The lowest BCUT2D eigenvalue weighted by Crippen LogP contribution is -2.38. The molecule has 1 fully saturated rings. The third kappa shape index (κ3) is 4.73. The topological polar surface area (TPSA) is 97.7 Å². The molecule has 1 amide bonds. The van der Waals surface area contributed by atoms with Gasteiger partial charge in [-0.15, -0.1) is 0 Å². The first-order valence-electron chi connectivity index (χ1n) is 9.97. The summed E-state index contributed by atoms with van der Waals surface area (Å²) in [6.45, 7) is 4.99. The number of esters is 1. The molecule has 0 radical (unpaired) electrons. The van der Waals surface area contributed by atoms with Gasteiger partial charge in [-0.25, -0.2) is 13.2 Å². The van der Waals surface area contributed by atoms with Crippen molar-refractivity contribution in [2.75, 3.05) is 25.0 Å². The van der Waals surface area contributed by atoms with Crippen molar-refractivity contribution in [3.05, 3.63) is 47.8 Å². The lowest BCUT2D eigenvalue weighted by Gasteiger charge is -2.29. The minimum Gasteiger partial charge on any atom is -0.462 e. The third-order valence-corrected chi connectivity index (χ3v) is 6.93. The first-order valence-corrected chi connectivity index (χ1v) is 11.4. The van der Waals surface area contributed by atoms with Crippen molar-refractivity contribution >= 4 is 27.6 Å². The predicted molar refractivity (Wildman–Crippen MR) is 113 cm³/mol. The van der Waals surface area contributed by atoms with Crippen molar-refractivity contribution in [3.8, 4) is 0 Å². The van der Waals surface area contributed by atoms with Crippen molar-refractivity contribution in [1.82, 2.24) is 8.87 Å². The number of nitrogens with zero attached hydrogens (tertiary/aromatic N) is 2. The number of rotatable bonds is 6. The molecule has 1 aromatic heterocycles. The lowest BCUT2D eigenvalue weighted by atomic mass is 10.0. The van der Waals surface area contributed by atoms with Crippen LogP contribution in [0, 0.1) is 5.92 Å². The Morgan fingerprint density at radius 3 is 2.73 bits per heavy atom. The first kappa shape index (κ1) is 22.0. The van der Waals surface area contributed by atoms with Gasteiger partial charge in [0.15, 0.2) is 0 Å². The molecular formula is C21H27N3O5S. The molecule has 2 aromatic rings. The van der Waals surface area contributed by atoms with E-state index in [-0.39, 0.29) is 17.2 Å². The largest absolute Gasteiger partial charge is 0.462 e. The van der Waals surface area contributed by atoms with Gasteiger partial charge in [0.1, 0.15) is 10.6 Å². The van der Waals surface area contributed by atoms with Crippen molar-refractivity contribution in [1.29, 1.82) is 0 Å². The van der Waals surface area contributed by atoms with Crippen molar-refractivity contribution in [3.63, 3.8) is 0 Å². The van der Waals surface area contributed by atoms with Crippen LogP contribution >= 0.6 is 0 Å². The Hall–Kier alpha value is -2.65. The van der Waals surface area contributed by atoms with Crippen LogP contribution in [-0.2, 0) is 21.8 Å². The number of carbonyl (C=O) groups is 2. The molecule has 3 rings (SSSR count). The molecule has 1 saturated heterocycles. The van der Waals surface area contributed by atoms with Gasteiger partial charge in [0.25, 0.3) is 5.91 Å². The fraction of sp³-hybridized carbons (Fsp3) is 0.429. The summed E-state index contributed by atoms with van der Waals surface area (Å²) in [5.74, 6) is -0.629. The van der Waals surface area contributed by atoms with Gasteiger partial charge >= 0.3 is 5.97 Å². The summed E-state index contributed by atoms with van der Waals surface area (Å²) in [5, 5.41) is 2.71. The van der Waals surface area contributed by atoms with E-state index in [0.717, 1.165) is 12.8 Å². The van der Waals surface area contributed by atoms with Crippen LogP contribution in [0.15, 0.2) is 41.4 Å². The van der Waals surface area contributed by atoms with E-state index in [2.05, 4.69) is 5.32 Å². The number of amides is 1. The van der Waals surface area contributed by atoms with Gasteiger partial charge in [-0.1, -0.05) is 13.0 Å². The van der Waals surface area contributed by atoms with Gasteiger partial charge in [-0.2, -0.15) is 4.31 Å². The zero-order chi connectivity index (χ0) is 21.9. The van der Waals surface area contributed by atoms with E-state index in [1.165, 1.54) is 27.2 Å². The van der Waals surface area contributed by atoms with Gasteiger partial charge in [0.2, 0.25) is 10.0 Å². The van der Waals surface area contributed by atoms with Crippen LogP contribution in [0.25, 0.3) is 0 Å². The van der Waals surface area contributed by atoms with Gasteiger partial charge in [0, 0.05) is 32.0 Å². The number of benzene rings is 1. The lowest BCUT2D eigenvalue weighted by molar-refractivity contribution is 0.0526.